The van der Waals surface area contributed by atoms with Crippen LogP contribution in [0.15, 0.2) is 42.5 Å². The molecule has 1 amide bonds. The van der Waals surface area contributed by atoms with Crippen molar-refractivity contribution in [3.63, 3.8) is 0 Å². The summed E-state index contributed by atoms with van der Waals surface area (Å²) in [5, 5.41) is 3.81. The van der Waals surface area contributed by atoms with Gasteiger partial charge in [-0.3, -0.25) is 4.79 Å². The normalized spacial score (nSPS) is 10.9. The maximum absolute atomic E-state index is 13.5. The average Bonchev–Trinajstić information content (AvgIpc) is 2.83. The molecule has 0 saturated carbocycles. The summed E-state index contributed by atoms with van der Waals surface area (Å²) in [4.78, 5) is 15.4. The molecule has 0 aliphatic rings. The number of halogens is 1. The maximum Gasteiger partial charge on any atom is 0.251 e. The fraction of sp³-hybridized carbons (Fsp3) is 0.211. The minimum Gasteiger partial charge on any atom is -0.358 e. The fourth-order valence-electron chi connectivity index (χ4n) is 2.87. The molecule has 0 bridgehead atoms. The zero-order valence-corrected chi connectivity index (χ0v) is 13.2. The van der Waals surface area contributed by atoms with E-state index in [1.165, 1.54) is 12.1 Å². The molecule has 118 valence electrons. The predicted octanol–water partition coefficient (Wildman–Crippen LogP) is 3.90. The molecule has 23 heavy (non-hydrogen) atoms. The number of aromatic nitrogens is 1. The third-order valence-corrected chi connectivity index (χ3v) is 4.02. The first-order valence-electron chi connectivity index (χ1n) is 7.66. The van der Waals surface area contributed by atoms with Crippen LogP contribution >= 0.6 is 0 Å². The van der Waals surface area contributed by atoms with Crippen molar-refractivity contribution in [1.29, 1.82) is 0 Å². The van der Waals surface area contributed by atoms with Gasteiger partial charge in [-0.05, 0) is 56.2 Å². The number of hydrogen-bond donors (Lipinski definition) is 2. The third kappa shape index (κ3) is 3.26. The molecule has 0 radical (unpaired) electrons. The Labute approximate surface area is 134 Å². The average molecular weight is 310 g/mol. The van der Waals surface area contributed by atoms with Gasteiger partial charge in [-0.2, -0.15) is 0 Å². The molecule has 2 aromatic carbocycles. The lowest BCUT2D eigenvalue weighted by atomic mass is 10.1. The van der Waals surface area contributed by atoms with Crippen molar-refractivity contribution in [3.05, 3.63) is 70.7 Å². The number of H-pyrrole nitrogens is 1. The van der Waals surface area contributed by atoms with Crippen LogP contribution in [0.4, 0.5) is 4.39 Å². The summed E-state index contributed by atoms with van der Waals surface area (Å²) in [5.74, 6) is -0.334. The van der Waals surface area contributed by atoms with E-state index in [2.05, 4.69) is 10.3 Å². The van der Waals surface area contributed by atoms with Crippen molar-refractivity contribution in [1.82, 2.24) is 10.3 Å². The molecule has 0 aliphatic carbocycles. The molecule has 2 N–H and O–H groups in total. The quantitative estimate of drug-likeness (QED) is 0.754. The lowest BCUT2D eigenvalue weighted by molar-refractivity contribution is 0.0954. The maximum atomic E-state index is 13.5. The largest absolute Gasteiger partial charge is 0.358 e. The van der Waals surface area contributed by atoms with Gasteiger partial charge >= 0.3 is 0 Å². The second-order valence-electron chi connectivity index (χ2n) is 5.79. The first kappa shape index (κ1) is 15.3. The molecule has 0 fully saturated rings. The number of carbonyl (C=O) groups is 1. The number of aromatic amines is 1. The van der Waals surface area contributed by atoms with Gasteiger partial charge in [-0.25, -0.2) is 4.39 Å². The van der Waals surface area contributed by atoms with Gasteiger partial charge in [0.15, 0.2) is 0 Å². The zero-order valence-electron chi connectivity index (χ0n) is 13.2. The minimum atomic E-state index is -0.249. The first-order valence-corrected chi connectivity index (χ1v) is 7.66. The Morgan fingerprint density at radius 3 is 2.78 bits per heavy atom. The molecule has 0 spiro atoms. The van der Waals surface area contributed by atoms with Crippen molar-refractivity contribution in [2.45, 2.75) is 20.3 Å². The molecule has 3 rings (SSSR count). The number of nitrogens with one attached hydrogen (secondary N) is 2. The highest BCUT2D eigenvalue weighted by molar-refractivity contribution is 5.94. The Morgan fingerprint density at radius 1 is 1.17 bits per heavy atom. The van der Waals surface area contributed by atoms with Gasteiger partial charge in [-0.1, -0.05) is 17.7 Å². The van der Waals surface area contributed by atoms with E-state index in [1.807, 2.05) is 32.0 Å². The molecule has 1 heterocycles. The van der Waals surface area contributed by atoms with Crippen molar-refractivity contribution >= 4 is 16.8 Å². The van der Waals surface area contributed by atoms with Crippen molar-refractivity contribution in [2.75, 3.05) is 6.54 Å². The molecular formula is C19H19FN2O. The number of fused-ring (bicyclic) bond motifs is 1. The number of hydrogen-bond acceptors (Lipinski definition) is 1. The number of carbonyl (C=O) groups excluding carboxylic acids is 1. The summed E-state index contributed by atoms with van der Waals surface area (Å²) in [7, 11) is 0. The molecule has 3 nitrogen and oxygen atoms in total. The monoisotopic (exact) mass is 310 g/mol. The van der Waals surface area contributed by atoms with Crippen LogP contribution in [0.2, 0.25) is 0 Å². The lowest BCUT2D eigenvalue weighted by Crippen LogP contribution is -2.25. The van der Waals surface area contributed by atoms with E-state index in [4.69, 9.17) is 0 Å². The highest BCUT2D eigenvalue weighted by atomic mass is 19.1. The van der Waals surface area contributed by atoms with Gasteiger partial charge in [0, 0.05) is 28.7 Å². The molecule has 1 aromatic heterocycles. The van der Waals surface area contributed by atoms with Gasteiger partial charge in [0.2, 0.25) is 0 Å². The predicted molar refractivity (Wildman–Crippen MR) is 90.2 cm³/mol. The second kappa shape index (κ2) is 6.24. The second-order valence-corrected chi connectivity index (χ2v) is 5.79. The van der Waals surface area contributed by atoms with E-state index >= 15 is 0 Å². The van der Waals surface area contributed by atoms with E-state index in [1.54, 1.807) is 12.1 Å². The standard InChI is InChI=1S/C19H19FN2O/c1-12-4-3-5-14(10-12)19(23)21-9-8-16-13(2)22-18-7-6-15(20)11-17(16)18/h3-7,10-11,22H,8-9H2,1-2H3,(H,21,23). The van der Waals surface area contributed by atoms with Gasteiger partial charge in [0.25, 0.3) is 5.91 Å². The Hall–Kier alpha value is -2.62. The summed E-state index contributed by atoms with van der Waals surface area (Å²) in [6.07, 6.45) is 0.660. The smallest absolute Gasteiger partial charge is 0.251 e. The van der Waals surface area contributed by atoms with E-state index in [-0.39, 0.29) is 11.7 Å². The summed E-state index contributed by atoms with van der Waals surface area (Å²) in [6, 6.07) is 12.2. The minimum absolute atomic E-state index is 0.0858. The molecule has 0 unspecified atom stereocenters. The van der Waals surface area contributed by atoms with Crippen LogP contribution in [0.1, 0.15) is 27.2 Å². The molecule has 4 heteroatoms. The lowest BCUT2D eigenvalue weighted by Gasteiger charge is -2.06. The van der Waals surface area contributed by atoms with Crippen LogP contribution in [-0.2, 0) is 6.42 Å². The SMILES string of the molecule is Cc1cccc(C(=O)NCCc2c(C)[nH]c3ccc(F)cc23)c1. The van der Waals surface area contributed by atoms with Crippen LogP contribution < -0.4 is 5.32 Å². The highest BCUT2D eigenvalue weighted by Crippen LogP contribution is 2.23. The summed E-state index contributed by atoms with van der Waals surface area (Å²) in [5.41, 5.74) is 4.69. The van der Waals surface area contributed by atoms with Crippen LogP contribution in [0.3, 0.4) is 0 Å². The summed E-state index contributed by atoms with van der Waals surface area (Å²) in [6.45, 7) is 4.44. The molecule has 0 atom stereocenters. The number of amides is 1. The Kier molecular flexibility index (Phi) is 4.15. The van der Waals surface area contributed by atoms with E-state index in [0.717, 1.165) is 27.7 Å². The number of rotatable bonds is 4. The molecule has 0 saturated heterocycles. The Balaban J connectivity index is 1.70. The van der Waals surface area contributed by atoms with Crippen molar-refractivity contribution < 1.29 is 9.18 Å². The highest BCUT2D eigenvalue weighted by Gasteiger charge is 2.10. The van der Waals surface area contributed by atoms with Gasteiger partial charge in [0.1, 0.15) is 5.82 Å². The number of benzene rings is 2. The van der Waals surface area contributed by atoms with Gasteiger partial charge in [0.05, 0.1) is 0 Å². The molecule has 3 aromatic rings. The Bertz CT molecular complexity index is 867. The van der Waals surface area contributed by atoms with Crippen LogP contribution in [0.5, 0.6) is 0 Å². The fourth-order valence-corrected chi connectivity index (χ4v) is 2.87. The van der Waals surface area contributed by atoms with Crippen LogP contribution in [0.25, 0.3) is 10.9 Å². The van der Waals surface area contributed by atoms with E-state index in [9.17, 15) is 9.18 Å². The first-order chi connectivity index (χ1) is 11.0. The molecular weight excluding hydrogens is 291 g/mol. The van der Waals surface area contributed by atoms with Gasteiger partial charge < -0.3 is 10.3 Å². The van der Waals surface area contributed by atoms with Crippen LogP contribution in [0, 0.1) is 19.7 Å². The number of aryl methyl sites for hydroxylation is 2. The van der Waals surface area contributed by atoms with Crippen LogP contribution in [-0.4, -0.2) is 17.4 Å². The summed E-state index contributed by atoms with van der Waals surface area (Å²) >= 11 is 0. The van der Waals surface area contributed by atoms with Crippen molar-refractivity contribution in [3.8, 4) is 0 Å². The summed E-state index contributed by atoms with van der Waals surface area (Å²) < 4.78 is 13.5. The molecule has 0 aliphatic heterocycles. The Morgan fingerprint density at radius 2 is 2.00 bits per heavy atom. The third-order valence-electron chi connectivity index (χ3n) is 4.02. The van der Waals surface area contributed by atoms with Crippen molar-refractivity contribution in [2.24, 2.45) is 0 Å². The van der Waals surface area contributed by atoms with E-state index in [0.29, 0.717) is 18.5 Å². The topological polar surface area (TPSA) is 44.9 Å². The zero-order chi connectivity index (χ0) is 16.4. The van der Waals surface area contributed by atoms with E-state index < -0.39 is 0 Å². The van der Waals surface area contributed by atoms with Gasteiger partial charge in [-0.15, -0.1) is 0 Å².